The van der Waals surface area contributed by atoms with E-state index in [0.29, 0.717) is 0 Å². The summed E-state index contributed by atoms with van der Waals surface area (Å²) in [5, 5.41) is 9.64. The van der Waals surface area contributed by atoms with Gasteiger partial charge >= 0.3 is 0 Å². The maximum Gasteiger partial charge on any atom is 0.137 e. The number of rotatable bonds is 3. The number of hydrogen-bond acceptors (Lipinski definition) is 4. The van der Waals surface area contributed by atoms with Crippen molar-refractivity contribution in [3.05, 3.63) is 30.9 Å². The zero-order valence-electron chi connectivity index (χ0n) is 8.36. The molecule has 0 fully saturated rings. The molecule has 0 saturated carbocycles. The van der Waals surface area contributed by atoms with Crippen LogP contribution in [0.3, 0.4) is 0 Å². The number of hydrogen-bond donors (Lipinski definition) is 2. The van der Waals surface area contributed by atoms with Gasteiger partial charge in [-0.2, -0.15) is 5.10 Å². The highest BCUT2D eigenvalue weighted by Gasteiger charge is 2.09. The van der Waals surface area contributed by atoms with Gasteiger partial charge in [0, 0.05) is 25.8 Å². The topological polar surface area (TPSA) is 66.5 Å². The fraction of sp³-hybridized carbons (Fsp3) is 0.100. The molecule has 0 saturated heterocycles. The average molecular weight is 203 g/mol. The molecule has 2 aromatic rings. The summed E-state index contributed by atoms with van der Waals surface area (Å²) in [6, 6.07) is 0. The monoisotopic (exact) mass is 203 g/mol. The van der Waals surface area contributed by atoms with Crippen molar-refractivity contribution in [2.75, 3.05) is 12.4 Å². The molecule has 0 atom stereocenters. The summed E-state index contributed by atoms with van der Waals surface area (Å²) < 4.78 is 0. The van der Waals surface area contributed by atoms with Gasteiger partial charge in [-0.05, 0) is 0 Å². The normalized spacial score (nSPS) is 9.93. The van der Waals surface area contributed by atoms with E-state index in [9.17, 15) is 0 Å². The molecule has 15 heavy (non-hydrogen) atoms. The second kappa shape index (κ2) is 3.91. The van der Waals surface area contributed by atoms with Crippen molar-refractivity contribution in [3.8, 4) is 11.3 Å². The molecular formula is C10H13N5. The third-order valence-electron chi connectivity index (χ3n) is 2.10. The van der Waals surface area contributed by atoms with E-state index in [4.69, 9.17) is 0 Å². The van der Waals surface area contributed by atoms with E-state index in [1.165, 1.54) is 6.33 Å². The lowest BCUT2D eigenvalue weighted by atomic mass is 10.1. The van der Waals surface area contributed by atoms with Crippen molar-refractivity contribution < 1.29 is 1.43 Å². The lowest BCUT2D eigenvalue weighted by molar-refractivity contribution is 1.09. The summed E-state index contributed by atoms with van der Waals surface area (Å²) in [5.41, 5.74) is 2.61. The molecule has 0 bridgehead atoms. The Hall–Kier alpha value is -2.17. The third kappa shape index (κ3) is 1.59. The van der Waals surface area contributed by atoms with E-state index in [-0.39, 0.29) is 1.43 Å². The maximum absolute atomic E-state index is 4.22. The number of aromatic amines is 1. The van der Waals surface area contributed by atoms with E-state index in [1.807, 2.05) is 7.05 Å². The first-order chi connectivity index (χ1) is 7.36. The van der Waals surface area contributed by atoms with Gasteiger partial charge in [0.25, 0.3) is 0 Å². The van der Waals surface area contributed by atoms with E-state index in [1.54, 1.807) is 18.5 Å². The van der Waals surface area contributed by atoms with Crippen LogP contribution in [0.25, 0.3) is 17.3 Å². The van der Waals surface area contributed by atoms with Crippen LogP contribution in [0.15, 0.2) is 25.3 Å². The van der Waals surface area contributed by atoms with Gasteiger partial charge in [0.15, 0.2) is 0 Å². The lowest BCUT2D eigenvalue weighted by Gasteiger charge is -2.07. The zero-order valence-corrected chi connectivity index (χ0v) is 8.36. The van der Waals surface area contributed by atoms with Crippen LogP contribution in [-0.2, 0) is 0 Å². The highest BCUT2D eigenvalue weighted by atomic mass is 15.1. The molecule has 5 heteroatoms. The molecule has 2 N–H and O–H groups in total. The summed E-state index contributed by atoms with van der Waals surface area (Å²) in [6.07, 6.45) is 6.75. The fourth-order valence-corrected chi connectivity index (χ4v) is 1.40. The van der Waals surface area contributed by atoms with Crippen LogP contribution in [0, 0.1) is 0 Å². The van der Waals surface area contributed by atoms with Crippen LogP contribution in [-0.4, -0.2) is 27.2 Å². The number of nitrogens with one attached hydrogen (secondary N) is 2. The second-order valence-electron chi connectivity index (χ2n) is 2.93. The molecule has 78 valence electrons. The van der Waals surface area contributed by atoms with Crippen LogP contribution in [0.2, 0.25) is 0 Å². The van der Waals surface area contributed by atoms with Crippen LogP contribution in [0.1, 0.15) is 6.99 Å². The Morgan fingerprint density at radius 1 is 1.53 bits per heavy atom. The molecule has 2 heterocycles. The molecule has 0 radical (unpaired) electrons. The Morgan fingerprint density at radius 2 is 2.40 bits per heavy atom. The summed E-state index contributed by atoms with van der Waals surface area (Å²) in [6.45, 7) is 3.76. The van der Waals surface area contributed by atoms with E-state index >= 15 is 0 Å². The maximum atomic E-state index is 4.22. The quantitative estimate of drug-likeness (QED) is 0.798. The smallest absolute Gasteiger partial charge is 0.137 e. The van der Waals surface area contributed by atoms with Gasteiger partial charge in [-0.15, -0.1) is 0 Å². The Labute approximate surface area is 88.8 Å². The van der Waals surface area contributed by atoms with E-state index in [2.05, 4.69) is 32.1 Å². The van der Waals surface area contributed by atoms with Crippen molar-refractivity contribution in [3.63, 3.8) is 0 Å². The second-order valence-corrected chi connectivity index (χ2v) is 2.93. The Morgan fingerprint density at radius 3 is 3.00 bits per heavy atom. The van der Waals surface area contributed by atoms with Gasteiger partial charge in [-0.1, -0.05) is 12.7 Å². The van der Waals surface area contributed by atoms with Crippen LogP contribution < -0.4 is 5.32 Å². The van der Waals surface area contributed by atoms with E-state index < -0.39 is 0 Å². The molecule has 2 rings (SSSR count). The standard InChI is InChI=1S/C10H11N5.H2/c1-3-8-9(7-4-14-15-5-7)12-6-13-10(8)11-2;/h3-6H,1H2,2H3,(H,14,15)(H,11,12,13);1H. The SMILES string of the molecule is C=Cc1c(NC)ncnc1-c1cn[nH]c1.[HH]. The molecule has 0 aliphatic heterocycles. The van der Waals surface area contributed by atoms with Crippen molar-refractivity contribution in [1.29, 1.82) is 0 Å². The molecular weight excluding hydrogens is 190 g/mol. The molecule has 0 unspecified atom stereocenters. The Bertz CT molecular complexity index is 466. The van der Waals surface area contributed by atoms with Gasteiger partial charge in [0.05, 0.1) is 11.9 Å². The first kappa shape index (κ1) is 9.39. The van der Waals surface area contributed by atoms with Gasteiger partial charge < -0.3 is 5.32 Å². The minimum Gasteiger partial charge on any atom is -0.373 e. The zero-order chi connectivity index (χ0) is 10.7. The summed E-state index contributed by atoms with van der Waals surface area (Å²) in [4.78, 5) is 8.33. The number of aromatic nitrogens is 4. The molecule has 5 nitrogen and oxygen atoms in total. The predicted molar refractivity (Wildman–Crippen MR) is 61.4 cm³/mol. The molecule has 0 aliphatic carbocycles. The van der Waals surface area contributed by atoms with Crippen molar-refractivity contribution in [1.82, 2.24) is 20.2 Å². The minimum atomic E-state index is 0. The molecule has 0 spiro atoms. The number of anilines is 1. The van der Waals surface area contributed by atoms with Crippen molar-refractivity contribution in [2.24, 2.45) is 0 Å². The van der Waals surface area contributed by atoms with E-state index in [0.717, 1.165) is 22.6 Å². The summed E-state index contributed by atoms with van der Waals surface area (Å²) >= 11 is 0. The fourth-order valence-electron chi connectivity index (χ4n) is 1.40. The molecule has 0 aliphatic rings. The van der Waals surface area contributed by atoms with Gasteiger partial charge in [-0.3, -0.25) is 5.10 Å². The first-order valence-electron chi connectivity index (χ1n) is 4.51. The summed E-state index contributed by atoms with van der Waals surface area (Å²) in [7, 11) is 1.81. The molecule has 2 aromatic heterocycles. The van der Waals surface area contributed by atoms with Gasteiger partial charge in [-0.25, -0.2) is 9.97 Å². The summed E-state index contributed by atoms with van der Waals surface area (Å²) in [5.74, 6) is 0.760. The predicted octanol–water partition coefficient (Wildman–Crippen LogP) is 1.80. The van der Waals surface area contributed by atoms with Crippen molar-refractivity contribution in [2.45, 2.75) is 0 Å². The average Bonchev–Trinajstić information content (AvgIpc) is 2.81. The largest absolute Gasteiger partial charge is 0.373 e. The minimum absolute atomic E-state index is 0. The first-order valence-corrected chi connectivity index (χ1v) is 4.51. The van der Waals surface area contributed by atoms with Crippen LogP contribution in [0.4, 0.5) is 5.82 Å². The van der Waals surface area contributed by atoms with Crippen LogP contribution >= 0.6 is 0 Å². The van der Waals surface area contributed by atoms with Gasteiger partial charge in [0.2, 0.25) is 0 Å². The number of H-pyrrole nitrogens is 1. The third-order valence-corrected chi connectivity index (χ3v) is 2.10. The molecule has 0 aromatic carbocycles. The van der Waals surface area contributed by atoms with Crippen molar-refractivity contribution >= 4 is 11.9 Å². The molecule has 0 amide bonds. The number of nitrogens with zero attached hydrogens (tertiary/aromatic N) is 3. The Balaban J connectivity index is 0.00000128. The van der Waals surface area contributed by atoms with Crippen LogP contribution in [0.5, 0.6) is 0 Å². The Kier molecular flexibility index (Phi) is 2.45. The van der Waals surface area contributed by atoms with Gasteiger partial charge in [0.1, 0.15) is 12.1 Å². The lowest BCUT2D eigenvalue weighted by Crippen LogP contribution is -1.98. The highest BCUT2D eigenvalue weighted by molar-refractivity contribution is 5.76. The highest BCUT2D eigenvalue weighted by Crippen LogP contribution is 2.25.